The molecule has 2 aromatic carbocycles. The predicted molar refractivity (Wildman–Crippen MR) is 113 cm³/mol. The van der Waals surface area contributed by atoms with Gasteiger partial charge in [-0.25, -0.2) is 4.79 Å². The van der Waals surface area contributed by atoms with E-state index in [-0.39, 0.29) is 12.1 Å². The number of amides is 2. The second kappa shape index (κ2) is 7.93. The number of rotatable bonds is 4. The van der Waals surface area contributed by atoms with Crippen LogP contribution in [0.2, 0.25) is 0 Å². The molecule has 4 rings (SSSR count). The average molecular weight is 374 g/mol. The van der Waals surface area contributed by atoms with E-state index in [0.717, 1.165) is 35.3 Å². The smallest absolute Gasteiger partial charge is 0.318 e. The number of nitrogens with zero attached hydrogens (tertiary/aromatic N) is 2. The first kappa shape index (κ1) is 18.4. The Balaban J connectivity index is 1.85. The lowest BCUT2D eigenvalue weighted by Gasteiger charge is -2.31. The minimum atomic E-state index is -0.134. The number of hydrogen-bond acceptors (Lipinski definition) is 1. The van der Waals surface area contributed by atoms with Crippen molar-refractivity contribution in [3.05, 3.63) is 89.2 Å². The number of urea groups is 1. The SMILES string of the molecule is CCCNC(=O)N1Cc2ccccc2-n2cccc2[C@@H]1c1ccc(CC)cc1. The van der Waals surface area contributed by atoms with Crippen LogP contribution in [0.4, 0.5) is 4.79 Å². The largest absolute Gasteiger partial charge is 0.338 e. The van der Waals surface area contributed by atoms with Gasteiger partial charge < -0.3 is 14.8 Å². The average Bonchev–Trinajstić information content (AvgIpc) is 3.16. The third kappa shape index (κ3) is 3.31. The molecular formula is C24H27N3O. The summed E-state index contributed by atoms with van der Waals surface area (Å²) in [5.74, 6) is 0. The van der Waals surface area contributed by atoms with Gasteiger partial charge in [0.25, 0.3) is 0 Å². The summed E-state index contributed by atoms with van der Waals surface area (Å²) in [4.78, 5) is 15.1. The summed E-state index contributed by atoms with van der Waals surface area (Å²) in [5, 5.41) is 3.08. The van der Waals surface area contributed by atoms with E-state index in [1.807, 2.05) is 11.0 Å². The highest BCUT2D eigenvalue weighted by Crippen LogP contribution is 2.36. The van der Waals surface area contributed by atoms with Gasteiger partial charge in [0.15, 0.2) is 0 Å². The summed E-state index contributed by atoms with van der Waals surface area (Å²) in [5.41, 5.74) is 5.85. The zero-order valence-electron chi connectivity index (χ0n) is 16.6. The maximum Gasteiger partial charge on any atom is 0.318 e. The van der Waals surface area contributed by atoms with Gasteiger partial charge in [-0.2, -0.15) is 0 Å². The minimum absolute atomic E-state index is 0.0177. The van der Waals surface area contributed by atoms with Crippen LogP contribution in [0.15, 0.2) is 66.9 Å². The number of hydrogen-bond donors (Lipinski definition) is 1. The highest BCUT2D eigenvalue weighted by molar-refractivity contribution is 5.76. The van der Waals surface area contributed by atoms with Crippen LogP contribution in [-0.4, -0.2) is 22.0 Å². The molecule has 0 fully saturated rings. The highest BCUT2D eigenvalue weighted by atomic mass is 16.2. The first-order valence-corrected chi connectivity index (χ1v) is 10.1. The van der Waals surface area contributed by atoms with E-state index < -0.39 is 0 Å². The van der Waals surface area contributed by atoms with Gasteiger partial charge in [0.05, 0.1) is 18.3 Å². The molecule has 1 aromatic heterocycles. The van der Waals surface area contributed by atoms with Gasteiger partial charge in [0, 0.05) is 18.4 Å². The van der Waals surface area contributed by atoms with Crippen LogP contribution in [0, 0.1) is 0 Å². The molecule has 1 N–H and O–H groups in total. The van der Waals surface area contributed by atoms with Crippen molar-refractivity contribution in [1.29, 1.82) is 0 Å². The van der Waals surface area contributed by atoms with E-state index in [1.54, 1.807) is 0 Å². The molecule has 2 amide bonds. The Morgan fingerprint density at radius 2 is 1.82 bits per heavy atom. The Morgan fingerprint density at radius 1 is 1.04 bits per heavy atom. The van der Waals surface area contributed by atoms with Crippen LogP contribution in [0.25, 0.3) is 5.69 Å². The summed E-state index contributed by atoms with van der Waals surface area (Å²) in [6.07, 6.45) is 4.02. The molecule has 4 nitrogen and oxygen atoms in total. The zero-order chi connectivity index (χ0) is 19.5. The quantitative estimate of drug-likeness (QED) is 0.681. The molecule has 0 bridgehead atoms. The van der Waals surface area contributed by atoms with Crippen LogP contribution in [-0.2, 0) is 13.0 Å². The summed E-state index contributed by atoms with van der Waals surface area (Å²) in [6, 6.07) is 21.0. The van der Waals surface area contributed by atoms with E-state index in [2.05, 4.69) is 84.5 Å². The van der Waals surface area contributed by atoms with E-state index in [1.165, 1.54) is 5.56 Å². The van der Waals surface area contributed by atoms with Gasteiger partial charge in [-0.15, -0.1) is 0 Å². The lowest BCUT2D eigenvalue weighted by atomic mass is 10.00. The van der Waals surface area contributed by atoms with Crippen LogP contribution in [0.1, 0.15) is 48.7 Å². The molecule has 3 aromatic rings. The van der Waals surface area contributed by atoms with Gasteiger partial charge in [-0.3, -0.25) is 0 Å². The second-order valence-electron chi connectivity index (χ2n) is 7.29. The van der Waals surface area contributed by atoms with Gasteiger partial charge in [0.2, 0.25) is 0 Å². The van der Waals surface area contributed by atoms with Crippen LogP contribution >= 0.6 is 0 Å². The fourth-order valence-electron chi connectivity index (χ4n) is 3.96. The van der Waals surface area contributed by atoms with Crippen molar-refractivity contribution in [3.63, 3.8) is 0 Å². The van der Waals surface area contributed by atoms with Crippen molar-refractivity contribution in [2.75, 3.05) is 6.54 Å². The molecular weight excluding hydrogens is 346 g/mol. The fourth-order valence-corrected chi connectivity index (χ4v) is 3.96. The summed E-state index contributed by atoms with van der Waals surface area (Å²) in [6.45, 7) is 5.49. The third-order valence-electron chi connectivity index (χ3n) is 5.45. The van der Waals surface area contributed by atoms with E-state index in [0.29, 0.717) is 13.1 Å². The van der Waals surface area contributed by atoms with Gasteiger partial charge in [-0.1, -0.05) is 56.3 Å². The molecule has 4 heteroatoms. The number of fused-ring (bicyclic) bond motifs is 3. The van der Waals surface area contributed by atoms with E-state index in [4.69, 9.17) is 0 Å². The minimum Gasteiger partial charge on any atom is -0.338 e. The van der Waals surface area contributed by atoms with Crippen molar-refractivity contribution in [1.82, 2.24) is 14.8 Å². The van der Waals surface area contributed by atoms with Crippen LogP contribution < -0.4 is 5.32 Å². The maximum atomic E-state index is 13.2. The van der Waals surface area contributed by atoms with Crippen molar-refractivity contribution >= 4 is 6.03 Å². The molecule has 0 saturated carbocycles. The standard InChI is InChI=1S/C24H27N3O/c1-3-15-25-24(28)27-17-20-8-5-6-9-21(20)26-16-7-10-22(26)23(27)19-13-11-18(4-2)12-14-19/h5-14,16,23H,3-4,15,17H2,1-2H3,(H,25,28)/t23-/m0/s1. The lowest BCUT2D eigenvalue weighted by Crippen LogP contribution is -2.42. The molecule has 1 atom stereocenters. The van der Waals surface area contributed by atoms with Crippen molar-refractivity contribution in [2.24, 2.45) is 0 Å². The molecule has 0 aliphatic carbocycles. The first-order chi connectivity index (χ1) is 13.7. The van der Waals surface area contributed by atoms with Gasteiger partial charge >= 0.3 is 6.03 Å². The molecule has 0 radical (unpaired) electrons. The maximum absolute atomic E-state index is 13.2. The number of aryl methyl sites for hydroxylation is 1. The molecule has 1 aliphatic heterocycles. The number of carbonyl (C=O) groups is 1. The molecule has 28 heavy (non-hydrogen) atoms. The zero-order valence-corrected chi connectivity index (χ0v) is 16.6. The van der Waals surface area contributed by atoms with Gasteiger partial charge in [0.1, 0.15) is 0 Å². The second-order valence-corrected chi connectivity index (χ2v) is 7.29. The van der Waals surface area contributed by atoms with Crippen molar-refractivity contribution < 1.29 is 4.79 Å². The monoisotopic (exact) mass is 373 g/mol. The Labute approximate surface area is 166 Å². The Morgan fingerprint density at radius 3 is 2.57 bits per heavy atom. The summed E-state index contributed by atoms with van der Waals surface area (Å²) >= 11 is 0. The third-order valence-corrected chi connectivity index (χ3v) is 5.45. The van der Waals surface area contributed by atoms with Crippen LogP contribution in [0.5, 0.6) is 0 Å². The molecule has 0 unspecified atom stereocenters. The molecule has 144 valence electrons. The molecule has 2 heterocycles. The normalized spacial score (nSPS) is 15.5. The highest BCUT2D eigenvalue weighted by Gasteiger charge is 2.32. The van der Waals surface area contributed by atoms with E-state index >= 15 is 0 Å². The fraction of sp³-hybridized carbons (Fsp3) is 0.292. The lowest BCUT2D eigenvalue weighted by molar-refractivity contribution is 0.180. The number of para-hydroxylation sites is 1. The first-order valence-electron chi connectivity index (χ1n) is 10.1. The van der Waals surface area contributed by atoms with E-state index in [9.17, 15) is 4.79 Å². The predicted octanol–water partition coefficient (Wildman–Crippen LogP) is 5.06. The number of carbonyl (C=O) groups excluding carboxylic acids is 1. The number of aromatic nitrogens is 1. The summed E-state index contributed by atoms with van der Waals surface area (Å²) in [7, 11) is 0. The molecule has 1 aliphatic rings. The Hall–Kier alpha value is -3.01. The van der Waals surface area contributed by atoms with Crippen LogP contribution in [0.3, 0.4) is 0 Å². The number of nitrogens with one attached hydrogen (secondary N) is 1. The van der Waals surface area contributed by atoms with Crippen molar-refractivity contribution in [3.8, 4) is 5.69 Å². The molecule has 0 spiro atoms. The van der Waals surface area contributed by atoms with Crippen molar-refractivity contribution in [2.45, 2.75) is 39.3 Å². The number of benzene rings is 2. The Kier molecular flexibility index (Phi) is 5.20. The topological polar surface area (TPSA) is 37.3 Å². The molecule has 0 saturated heterocycles. The summed E-state index contributed by atoms with van der Waals surface area (Å²) < 4.78 is 2.22. The van der Waals surface area contributed by atoms with Gasteiger partial charge in [-0.05, 0) is 47.7 Å². The Bertz CT molecular complexity index is 958.